The van der Waals surface area contributed by atoms with Crippen molar-refractivity contribution in [1.29, 1.82) is 0 Å². The molecular weight excluding hydrogens is 849 g/mol. The number of aryl methyl sites for hydroxylation is 2. The lowest BCUT2D eigenvalue weighted by molar-refractivity contribution is 0.0373. The van der Waals surface area contributed by atoms with E-state index in [0.29, 0.717) is 11.5 Å². The van der Waals surface area contributed by atoms with Gasteiger partial charge in [0, 0.05) is 57.7 Å². The van der Waals surface area contributed by atoms with Crippen LogP contribution in [0.2, 0.25) is 0 Å². The van der Waals surface area contributed by atoms with Crippen LogP contribution in [-0.4, -0.2) is 182 Å². The molecule has 65 heavy (non-hydrogen) atoms. The Kier molecular flexibility index (Phi) is 39.4. The lowest BCUT2D eigenvalue weighted by Gasteiger charge is -2.26. The standard InChI is InChI=1S/C9H19N.C8H17NO2S.C8H17NO.C8H17N.C7H16N4.C7H8.C5H6S/c1-2-3-7-10-8-5-4-6-9-10;1-2-3-4-9-5-7-12(10,11)8-6-9;1-2-3-4-9-5-7-10-8-6-9;1-2-3-6-9-7-4-5-8-9;1-8-5-6-11(2)7-9-3-4-10-7;1-7-5-3-2-4-6-7;1-5-3-2-4-6-5/h2-9H2,1H3;2-8H2,1H3;2-8H2,1H3;2-8H2,1H3;8H,3-6H2,1-2H3,(H,9,10);2-6H,1H3;2-4H,1H3. The van der Waals surface area contributed by atoms with Gasteiger partial charge in [0.15, 0.2) is 15.8 Å². The van der Waals surface area contributed by atoms with Crippen LogP contribution in [0.25, 0.3) is 0 Å². The topological polar surface area (TPSA) is 96.0 Å². The smallest absolute Gasteiger partial charge is 0.193 e. The molecule has 5 aliphatic heterocycles. The predicted molar refractivity (Wildman–Crippen MR) is 285 cm³/mol. The SMILES string of the molecule is CCCCN1CCCC1.CCCCN1CCCCC1.CCCCN1CCOCC1.CCCCN1CCS(=O)(=O)CC1.CNCCN(C)C1=NCCN1.Cc1ccccc1.Cc1cccs1. The summed E-state index contributed by atoms with van der Waals surface area (Å²) in [7, 11) is 1.32. The lowest BCUT2D eigenvalue weighted by atomic mass is 10.1. The number of likely N-dealkylation sites (N-methyl/N-ethyl adjacent to an activating group) is 2. The fourth-order valence-corrected chi connectivity index (χ4v) is 9.24. The van der Waals surface area contributed by atoms with Gasteiger partial charge in [-0.15, -0.1) is 11.3 Å². The van der Waals surface area contributed by atoms with Crippen LogP contribution in [0.1, 0.15) is 122 Å². The van der Waals surface area contributed by atoms with Crippen molar-refractivity contribution in [3.8, 4) is 0 Å². The molecule has 7 rings (SSSR count). The Labute approximate surface area is 405 Å². The molecule has 2 aromatic rings. The van der Waals surface area contributed by atoms with Gasteiger partial charge in [-0.1, -0.05) is 102 Å². The Morgan fingerprint density at radius 2 is 1.15 bits per heavy atom. The van der Waals surface area contributed by atoms with Gasteiger partial charge < -0.3 is 35.0 Å². The van der Waals surface area contributed by atoms with Crippen LogP contribution in [-0.2, 0) is 14.6 Å². The number of hydrogen-bond donors (Lipinski definition) is 2. The fourth-order valence-electron chi connectivity index (χ4n) is 7.44. The van der Waals surface area contributed by atoms with Gasteiger partial charge in [-0.2, -0.15) is 0 Å². The average molecular weight is 950 g/mol. The molecule has 0 radical (unpaired) electrons. The van der Waals surface area contributed by atoms with Gasteiger partial charge in [-0.3, -0.25) is 9.89 Å². The van der Waals surface area contributed by atoms with Gasteiger partial charge in [0.1, 0.15) is 0 Å². The molecule has 0 bridgehead atoms. The maximum Gasteiger partial charge on any atom is 0.193 e. The summed E-state index contributed by atoms with van der Waals surface area (Å²) in [5.74, 6) is 1.74. The molecule has 11 nitrogen and oxygen atoms in total. The van der Waals surface area contributed by atoms with Gasteiger partial charge in [-0.05, 0) is 136 Å². The normalized spacial score (nSPS) is 18.4. The molecule has 0 amide bonds. The summed E-state index contributed by atoms with van der Waals surface area (Å²) in [5, 5.41) is 8.39. The van der Waals surface area contributed by atoms with E-state index in [1.807, 2.05) is 25.2 Å². The van der Waals surface area contributed by atoms with E-state index in [9.17, 15) is 8.42 Å². The van der Waals surface area contributed by atoms with E-state index in [4.69, 9.17) is 4.74 Å². The van der Waals surface area contributed by atoms with E-state index in [1.165, 1.54) is 140 Å². The Morgan fingerprint density at radius 3 is 1.52 bits per heavy atom. The van der Waals surface area contributed by atoms with Crippen molar-refractivity contribution in [2.45, 2.75) is 125 Å². The zero-order chi connectivity index (χ0) is 47.6. The van der Waals surface area contributed by atoms with Crippen LogP contribution in [0.4, 0.5) is 0 Å². The molecule has 2 N–H and O–H groups in total. The third-order valence-corrected chi connectivity index (χ3v) is 14.2. The molecule has 5 aliphatic rings. The van der Waals surface area contributed by atoms with E-state index >= 15 is 0 Å². The van der Waals surface area contributed by atoms with Gasteiger partial charge in [-0.25, -0.2) is 8.42 Å². The zero-order valence-electron chi connectivity index (χ0n) is 43.2. The van der Waals surface area contributed by atoms with Gasteiger partial charge >= 0.3 is 0 Å². The number of ether oxygens (including phenoxy) is 1. The Hall–Kier alpha value is -2.10. The van der Waals surface area contributed by atoms with Crippen LogP contribution < -0.4 is 10.6 Å². The number of nitrogens with zero attached hydrogens (tertiary/aromatic N) is 6. The van der Waals surface area contributed by atoms with Crippen molar-refractivity contribution < 1.29 is 13.2 Å². The molecule has 378 valence electrons. The zero-order valence-corrected chi connectivity index (χ0v) is 44.8. The van der Waals surface area contributed by atoms with Crippen LogP contribution in [0, 0.1) is 13.8 Å². The molecule has 0 unspecified atom stereocenters. The number of rotatable bonds is 15. The molecular formula is C52H100N8O3S2. The second kappa shape index (κ2) is 42.0. The predicted octanol–water partition coefficient (Wildman–Crippen LogP) is 8.94. The number of sulfone groups is 1. The molecule has 0 spiro atoms. The number of unbranched alkanes of at least 4 members (excludes halogenated alkanes) is 4. The molecule has 0 aliphatic carbocycles. The van der Waals surface area contributed by atoms with E-state index < -0.39 is 9.84 Å². The van der Waals surface area contributed by atoms with Crippen molar-refractivity contribution in [3.05, 3.63) is 58.3 Å². The maximum absolute atomic E-state index is 11.0. The number of nitrogens with one attached hydrogen (secondary N) is 2. The summed E-state index contributed by atoms with van der Waals surface area (Å²) in [5.41, 5.74) is 1.32. The van der Waals surface area contributed by atoms with Crippen molar-refractivity contribution in [2.75, 3.05) is 144 Å². The molecule has 1 aromatic heterocycles. The third kappa shape index (κ3) is 35.7. The third-order valence-electron chi connectivity index (χ3n) is 11.8. The Bertz CT molecular complexity index is 1400. The highest BCUT2D eigenvalue weighted by Crippen LogP contribution is 2.10. The first-order valence-electron chi connectivity index (χ1n) is 25.9. The Morgan fingerprint density at radius 1 is 0.677 bits per heavy atom. The highest BCUT2D eigenvalue weighted by atomic mass is 32.2. The number of hydrogen-bond acceptors (Lipinski definition) is 12. The lowest BCUT2D eigenvalue weighted by Crippen LogP contribution is -2.40. The fraction of sp³-hybridized carbons (Fsp3) is 0.788. The number of piperidine rings is 1. The van der Waals surface area contributed by atoms with Crippen molar-refractivity contribution in [3.63, 3.8) is 0 Å². The molecule has 4 saturated heterocycles. The Balaban J connectivity index is 0.000000382. The monoisotopic (exact) mass is 949 g/mol. The number of likely N-dealkylation sites (tertiary alicyclic amines) is 2. The first kappa shape index (κ1) is 60.9. The van der Waals surface area contributed by atoms with Gasteiger partial charge in [0.25, 0.3) is 0 Å². The second-order valence-electron chi connectivity index (χ2n) is 17.8. The molecule has 1 aromatic carbocycles. The van der Waals surface area contributed by atoms with E-state index in [2.05, 4.69) is 118 Å². The first-order valence-corrected chi connectivity index (χ1v) is 28.6. The van der Waals surface area contributed by atoms with Gasteiger partial charge in [0.05, 0.1) is 31.3 Å². The van der Waals surface area contributed by atoms with E-state index in [-0.39, 0.29) is 0 Å². The number of guanidine groups is 1. The van der Waals surface area contributed by atoms with Crippen LogP contribution >= 0.6 is 11.3 Å². The summed E-state index contributed by atoms with van der Waals surface area (Å²) in [6.45, 7) is 33.1. The minimum absolute atomic E-state index is 0.358. The molecule has 0 saturated carbocycles. The average Bonchev–Trinajstić information content (AvgIpc) is 4.17. The molecule has 0 atom stereocenters. The van der Waals surface area contributed by atoms with Gasteiger partial charge in [0.2, 0.25) is 0 Å². The first-order chi connectivity index (χ1) is 31.6. The number of aliphatic imine (C=N–C) groups is 1. The van der Waals surface area contributed by atoms with E-state index in [0.717, 1.165) is 78.1 Å². The van der Waals surface area contributed by atoms with Crippen LogP contribution in [0.3, 0.4) is 0 Å². The van der Waals surface area contributed by atoms with Crippen molar-refractivity contribution in [2.24, 2.45) is 4.99 Å². The van der Waals surface area contributed by atoms with Crippen molar-refractivity contribution >= 4 is 27.1 Å². The number of morpholine rings is 1. The minimum Gasteiger partial charge on any atom is -0.379 e. The number of benzene rings is 1. The molecule has 4 fully saturated rings. The summed E-state index contributed by atoms with van der Waals surface area (Å²) >= 11 is 1.78. The summed E-state index contributed by atoms with van der Waals surface area (Å²) in [4.78, 5) is 17.7. The summed E-state index contributed by atoms with van der Waals surface area (Å²) in [6, 6.07) is 14.4. The second-order valence-corrected chi connectivity index (χ2v) is 21.3. The maximum atomic E-state index is 11.0. The molecule has 13 heteroatoms. The minimum atomic E-state index is -2.68. The van der Waals surface area contributed by atoms with Crippen LogP contribution in [0.5, 0.6) is 0 Å². The van der Waals surface area contributed by atoms with Crippen LogP contribution in [0.15, 0.2) is 52.8 Å². The summed E-state index contributed by atoms with van der Waals surface area (Å²) < 4.78 is 27.3. The van der Waals surface area contributed by atoms with E-state index in [1.54, 1.807) is 11.3 Å². The number of thiophene rings is 1. The summed E-state index contributed by atoms with van der Waals surface area (Å²) in [6.07, 6.45) is 17.7. The highest BCUT2D eigenvalue weighted by Gasteiger charge is 2.20. The quantitative estimate of drug-likeness (QED) is 0.180. The van der Waals surface area contributed by atoms with Crippen molar-refractivity contribution in [1.82, 2.24) is 35.1 Å². The largest absolute Gasteiger partial charge is 0.379 e. The highest BCUT2D eigenvalue weighted by molar-refractivity contribution is 7.91. The molecule has 6 heterocycles.